The van der Waals surface area contributed by atoms with Crippen molar-refractivity contribution < 1.29 is 8.42 Å². The van der Waals surface area contributed by atoms with Gasteiger partial charge in [0.25, 0.3) is 0 Å². The van der Waals surface area contributed by atoms with E-state index in [1.165, 1.54) is 0 Å². The van der Waals surface area contributed by atoms with E-state index in [9.17, 15) is 13.7 Å². The predicted octanol–water partition coefficient (Wildman–Crippen LogP) is 2.81. The summed E-state index contributed by atoms with van der Waals surface area (Å²) in [5, 5.41) is 8.93. The Labute approximate surface area is 140 Å². The molecule has 3 atom stereocenters. The molecule has 0 saturated heterocycles. The van der Waals surface area contributed by atoms with Gasteiger partial charge in [-0.2, -0.15) is 5.26 Å². The third-order valence-corrected chi connectivity index (χ3v) is 6.76. The van der Waals surface area contributed by atoms with Gasteiger partial charge in [-0.05, 0) is 36.8 Å². The van der Waals surface area contributed by atoms with Gasteiger partial charge in [0.2, 0.25) is 0 Å². The molecule has 1 aliphatic rings. The molecule has 4 nitrogen and oxygen atoms in total. The summed E-state index contributed by atoms with van der Waals surface area (Å²) in [7, 11) is -3.70. The van der Waals surface area contributed by atoms with Crippen LogP contribution < -0.4 is 5.73 Å². The van der Waals surface area contributed by atoms with Crippen LogP contribution in [0.25, 0.3) is 0 Å². The molecular weight excluding hydrogens is 332 g/mol. The van der Waals surface area contributed by atoms with Gasteiger partial charge >= 0.3 is 0 Å². The molecule has 0 aromatic heterocycles. The van der Waals surface area contributed by atoms with Crippen LogP contribution in [0.15, 0.2) is 53.4 Å². The normalized spacial score (nSPS) is 26.5. The Kier molecular flexibility index (Phi) is 3.72. The molecule has 6 heteroatoms. The van der Waals surface area contributed by atoms with Crippen molar-refractivity contribution in [2.24, 2.45) is 5.73 Å². The summed E-state index contributed by atoms with van der Waals surface area (Å²) < 4.78 is 25.8. The van der Waals surface area contributed by atoms with Gasteiger partial charge in [-0.3, -0.25) is 0 Å². The average Bonchev–Trinajstić information content (AvgIpc) is 3.15. The van der Waals surface area contributed by atoms with E-state index < -0.39 is 26.5 Å². The van der Waals surface area contributed by atoms with Gasteiger partial charge in [0.15, 0.2) is 9.84 Å². The molecule has 0 spiro atoms. The lowest BCUT2D eigenvalue weighted by Crippen LogP contribution is -2.29. The molecule has 3 rings (SSSR count). The van der Waals surface area contributed by atoms with Gasteiger partial charge < -0.3 is 5.73 Å². The molecule has 2 aromatic carbocycles. The van der Waals surface area contributed by atoms with Gasteiger partial charge in [-0.25, -0.2) is 8.42 Å². The molecule has 23 heavy (non-hydrogen) atoms. The van der Waals surface area contributed by atoms with E-state index >= 15 is 0 Å². The summed E-state index contributed by atoms with van der Waals surface area (Å²) in [4.78, 5) is 0.183. The van der Waals surface area contributed by atoms with E-state index in [2.05, 4.69) is 0 Å². The van der Waals surface area contributed by atoms with E-state index in [4.69, 9.17) is 17.3 Å². The van der Waals surface area contributed by atoms with Crippen LogP contribution in [0.3, 0.4) is 0 Å². The minimum Gasteiger partial charge on any atom is -0.312 e. The first kappa shape index (κ1) is 16.0. The molecule has 1 aliphatic carbocycles. The fraction of sp³-hybridized carbons (Fsp3) is 0.235. The molecule has 0 radical (unpaired) electrons. The Morgan fingerprint density at radius 1 is 1.22 bits per heavy atom. The minimum absolute atomic E-state index is 0.183. The average molecular weight is 347 g/mol. The Balaban J connectivity index is 2.05. The number of benzene rings is 2. The molecule has 2 N–H and O–H groups in total. The second-order valence-corrected chi connectivity index (χ2v) is 8.36. The predicted molar refractivity (Wildman–Crippen MR) is 88.9 cm³/mol. The maximum Gasteiger partial charge on any atom is 0.184 e. The quantitative estimate of drug-likeness (QED) is 0.926. The van der Waals surface area contributed by atoms with Gasteiger partial charge in [0.05, 0.1) is 11.0 Å². The lowest BCUT2D eigenvalue weighted by molar-refractivity contribution is 0.592. The Bertz CT molecular complexity index is 903. The molecule has 2 aromatic rings. The van der Waals surface area contributed by atoms with E-state index in [1.54, 1.807) is 48.5 Å². The van der Waals surface area contributed by atoms with Crippen molar-refractivity contribution in [3.8, 4) is 6.07 Å². The lowest BCUT2D eigenvalue weighted by Gasteiger charge is -2.05. The van der Waals surface area contributed by atoms with Crippen molar-refractivity contribution in [1.29, 1.82) is 5.26 Å². The van der Waals surface area contributed by atoms with Crippen molar-refractivity contribution in [3.63, 3.8) is 0 Å². The standard InChI is InChI=1S/C17H15ClN2O2S/c1-11-5-7-14(8-6-11)23(21,22)16-15(17(16,20)10-19)12-3-2-4-13(18)9-12/h2-9,15-16H,20H2,1H3/t15-,16-,17-/m0/s1. The number of sulfone groups is 1. The van der Waals surface area contributed by atoms with Crippen LogP contribution >= 0.6 is 11.6 Å². The highest BCUT2D eigenvalue weighted by molar-refractivity contribution is 7.92. The molecule has 0 aliphatic heterocycles. The van der Waals surface area contributed by atoms with E-state index in [0.717, 1.165) is 5.56 Å². The SMILES string of the molecule is Cc1ccc(S(=O)(=O)[C@H]2[C@H](c3cccc(Cl)c3)[C@@]2(N)C#N)cc1. The number of hydrogen-bond donors (Lipinski definition) is 1. The number of nitrogens with two attached hydrogens (primary N) is 1. The van der Waals surface area contributed by atoms with Crippen LogP contribution in [0.5, 0.6) is 0 Å². The van der Waals surface area contributed by atoms with Crippen LogP contribution in [-0.4, -0.2) is 19.2 Å². The second-order valence-electron chi connectivity index (χ2n) is 5.86. The zero-order valence-electron chi connectivity index (χ0n) is 12.4. The summed E-state index contributed by atoms with van der Waals surface area (Å²) in [6.45, 7) is 1.88. The van der Waals surface area contributed by atoms with E-state index in [0.29, 0.717) is 10.6 Å². The van der Waals surface area contributed by atoms with Crippen molar-refractivity contribution in [3.05, 3.63) is 64.7 Å². The third kappa shape index (κ3) is 2.53. The summed E-state index contributed by atoms with van der Waals surface area (Å²) in [5.74, 6) is -0.586. The number of nitrogens with zero attached hydrogens (tertiary/aromatic N) is 1. The third-order valence-electron chi connectivity index (χ3n) is 4.26. The van der Waals surface area contributed by atoms with Crippen LogP contribution in [0.2, 0.25) is 5.02 Å². The van der Waals surface area contributed by atoms with Gasteiger partial charge in [-0.1, -0.05) is 41.4 Å². The summed E-state index contributed by atoms with van der Waals surface area (Å²) in [6.07, 6.45) is 0. The first-order valence-electron chi connectivity index (χ1n) is 7.07. The van der Waals surface area contributed by atoms with Crippen molar-refractivity contribution >= 4 is 21.4 Å². The van der Waals surface area contributed by atoms with Crippen LogP contribution in [0.4, 0.5) is 0 Å². The Morgan fingerprint density at radius 3 is 2.43 bits per heavy atom. The fourth-order valence-corrected chi connectivity index (χ4v) is 5.35. The molecule has 0 heterocycles. The number of aryl methyl sites for hydroxylation is 1. The highest BCUT2D eigenvalue weighted by atomic mass is 35.5. The molecule has 1 fully saturated rings. The zero-order valence-corrected chi connectivity index (χ0v) is 14.0. The van der Waals surface area contributed by atoms with Crippen LogP contribution in [0, 0.1) is 18.3 Å². The van der Waals surface area contributed by atoms with Crippen molar-refractivity contribution in [1.82, 2.24) is 0 Å². The zero-order chi connectivity index (χ0) is 16.8. The van der Waals surface area contributed by atoms with Gasteiger partial charge in [0, 0.05) is 10.9 Å². The monoisotopic (exact) mass is 346 g/mol. The molecular formula is C17H15ClN2O2S. The van der Waals surface area contributed by atoms with E-state index in [-0.39, 0.29) is 4.90 Å². The molecule has 0 unspecified atom stereocenters. The molecule has 118 valence electrons. The minimum atomic E-state index is -3.70. The number of nitriles is 1. The largest absolute Gasteiger partial charge is 0.312 e. The van der Waals surface area contributed by atoms with Crippen molar-refractivity contribution in [2.75, 3.05) is 0 Å². The Morgan fingerprint density at radius 2 is 1.87 bits per heavy atom. The first-order chi connectivity index (χ1) is 10.8. The first-order valence-corrected chi connectivity index (χ1v) is 8.99. The number of halogens is 1. The molecule has 1 saturated carbocycles. The number of rotatable bonds is 3. The topological polar surface area (TPSA) is 83.9 Å². The second kappa shape index (κ2) is 5.34. The highest BCUT2D eigenvalue weighted by Gasteiger charge is 2.70. The highest BCUT2D eigenvalue weighted by Crippen LogP contribution is 2.55. The van der Waals surface area contributed by atoms with Crippen molar-refractivity contribution in [2.45, 2.75) is 28.5 Å². The van der Waals surface area contributed by atoms with Gasteiger partial charge in [-0.15, -0.1) is 0 Å². The number of hydrogen-bond acceptors (Lipinski definition) is 4. The molecule has 0 bridgehead atoms. The van der Waals surface area contributed by atoms with Gasteiger partial charge in [0.1, 0.15) is 10.8 Å². The van der Waals surface area contributed by atoms with Crippen LogP contribution in [0.1, 0.15) is 17.0 Å². The van der Waals surface area contributed by atoms with E-state index in [1.807, 2.05) is 13.0 Å². The summed E-state index contributed by atoms with van der Waals surface area (Å²) in [5.41, 5.74) is 6.28. The summed E-state index contributed by atoms with van der Waals surface area (Å²) in [6, 6.07) is 15.4. The lowest BCUT2D eigenvalue weighted by atomic mass is 10.1. The van der Waals surface area contributed by atoms with Crippen LogP contribution in [-0.2, 0) is 9.84 Å². The smallest absolute Gasteiger partial charge is 0.184 e. The Hall–Kier alpha value is -1.87. The maximum absolute atomic E-state index is 12.9. The summed E-state index contributed by atoms with van der Waals surface area (Å²) >= 11 is 5.98. The fourth-order valence-electron chi connectivity index (χ4n) is 2.97. The maximum atomic E-state index is 12.9. The molecule has 0 amide bonds.